The van der Waals surface area contributed by atoms with E-state index < -0.39 is 0 Å². The Morgan fingerprint density at radius 1 is 0.971 bits per heavy atom. The van der Waals surface area contributed by atoms with Gasteiger partial charge in [-0.2, -0.15) is 0 Å². The lowest BCUT2D eigenvalue weighted by Gasteiger charge is -2.38. The molecule has 1 N–H and O–H groups in total. The molecule has 2 saturated heterocycles. The number of methoxy groups -OCH3 is 1. The summed E-state index contributed by atoms with van der Waals surface area (Å²) in [6, 6.07) is 13.7. The number of nitrogens with one attached hydrogen (secondary N) is 1. The maximum atomic E-state index is 12.4. The fraction of sp³-hybridized carbons (Fsp3) is 0.462. The number of amides is 1. The van der Waals surface area contributed by atoms with Gasteiger partial charge in [0.2, 0.25) is 5.91 Å². The van der Waals surface area contributed by atoms with Crippen LogP contribution in [0.25, 0.3) is 0 Å². The Kier molecular flexibility index (Phi) is 8.35. The number of hydrogen-bond acceptors (Lipinski definition) is 5. The lowest BCUT2D eigenvalue weighted by Crippen LogP contribution is -2.45. The van der Waals surface area contributed by atoms with E-state index in [1.54, 1.807) is 25.3 Å². The zero-order valence-electron chi connectivity index (χ0n) is 19.4. The van der Waals surface area contributed by atoms with E-state index in [0.29, 0.717) is 21.7 Å². The van der Waals surface area contributed by atoms with Crippen LogP contribution < -0.4 is 15.0 Å². The molecule has 2 aliphatic rings. The molecule has 0 radical (unpaired) electrons. The fourth-order valence-corrected chi connectivity index (χ4v) is 5.16. The molecule has 2 fully saturated rings. The van der Waals surface area contributed by atoms with E-state index in [2.05, 4.69) is 27.2 Å². The number of anilines is 1. The van der Waals surface area contributed by atoms with Crippen LogP contribution in [0.15, 0.2) is 42.5 Å². The third-order valence-corrected chi connectivity index (χ3v) is 7.56. The minimum absolute atomic E-state index is 0.0745. The van der Waals surface area contributed by atoms with E-state index in [-0.39, 0.29) is 30.6 Å². The van der Waals surface area contributed by atoms with E-state index in [9.17, 15) is 9.59 Å². The largest absolute Gasteiger partial charge is 0.497 e. The summed E-state index contributed by atoms with van der Waals surface area (Å²) < 4.78 is 5.25. The van der Waals surface area contributed by atoms with E-state index in [4.69, 9.17) is 27.9 Å². The zero-order valence-corrected chi connectivity index (χ0v) is 20.9. The van der Waals surface area contributed by atoms with Gasteiger partial charge in [-0.05, 0) is 61.7 Å². The highest BCUT2D eigenvalue weighted by Gasteiger charge is 2.31. The van der Waals surface area contributed by atoms with Crippen LogP contribution in [-0.4, -0.2) is 62.0 Å². The number of hydrogen-bond donors (Lipinski definition) is 1. The van der Waals surface area contributed by atoms with Gasteiger partial charge < -0.3 is 15.0 Å². The first-order valence-corrected chi connectivity index (χ1v) is 12.6. The third kappa shape index (κ3) is 6.23. The number of ether oxygens (including phenoxy) is 1. The molecule has 4 rings (SSSR count). The molecule has 2 aliphatic heterocycles. The lowest BCUT2D eigenvalue weighted by atomic mass is 10.0. The predicted octanol–water partition coefficient (Wildman–Crippen LogP) is 4.82. The highest BCUT2D eigenvalue weighted by Crippen LogP contribution is 2.27. The van der Waals surface area contributed by atoms with Crippen molar-refractivity contribution in [3.63, 3.8) is 0 Å². The van der Waals surface area contributed by atoms with Crippen LogP contribution in [0.5, 0.6) is 5.75 Å². The second kappa shape index (κ2) is 11.4. The molecule has 0 spiro atoms. The molecule has 182 valence electrons. The first-order chi connectivity index (χ1) is 16.4. The fourth-order valence-electron chi connectivity index (χ4n) is 4.86. The van der Waals surface area contributed by atoms with Gasteiger partial charge in [-0.1, -0.05) is 23.2 Å². The molecule has 0 aliphatic carbocycles. The molecule has 34 heavy (non-hydrogen) atoms. The van der Waals surface area contributed by atoms with Gasteiger partial charge in [0.1, 0.15) is 5.75 Å². The molecule has 6 nitrogen and oxygen atoms in total. The number of rotatable bonds is 8. The lowest BCUT2D eigenvalue weighted by molar-refractivity contribution is -0.121. The molecule has 2 aromatic rings. The van der Waals surface area contributed by atoms with Gasteiger partial charge in [0, 0.05) is 62.4 Å². The Bertz CT molecular complexity index is 1010. The van der Waals surface area contributed by atoms with Crippen molar-refractivity contribution >= 4 is 40.6 Å². The van der Waals surface area contributed by atoms with Crippen molar-refractivity contribution in [3.8, 4) is 5.75 Å². The van der Waals surface area contributed by atoms with Gasteiger partial charge in [-0.15, -0.1) is 0 Å². The molecule has 0 bridgehead atoms. The number of nitrogens with zero attached hydrogens (tertiary/aromatic N) is 2. The molecule has 2 heterocycles. The average molecular weight is 504 g/mol. The van der Waals surface area contributed by atoms with E-state index in [0.717, 1.165) is 51.2 Å². The first-order valence-electron chi connectivity index (χ1n) is 11.8. The summed E-state index contributed by atoms with van der Waals surface area (Å²) >= 11 is 11.9. The standard InChI is InChI=1S/C26H31Cl2N3O3/c1-34-22-5-3-20(4-6-22)30-14-11-21(12-15-30)31-13-10-19(17-31)29-26(33)9-8-25(32)18-2-7-23(27)24(28)16-18/h2-7,16,19,21H,8-15,17H2,1H3,(H,29,33)/t19-/m1/s1. The monoisotopic (exact) mass is 503 g/mol. The van der Waals surface area contributed by atoms with Crippen LogP contribution in [-0.2, 0) is 4.79 Å². The molecule has 2 aromatic carbocycles. The van der Waals surface area contributed by atoms with E-state index in [1.165, 1.54) is 5.69 Å². The quantitative estimate of drug-likeness (QED) is 0.523. The SMILES string of the molecule is COc1ccc(N2CCC(N3CC[C@@H](NC(=O)CCC(=O)c4ccc(Cl)c(Cl)c4)C3)CC2)cc1. The van der Waals surface area contributed by atoms with Crippen molar-refractivity contribution in [2.24, 2.45) is 0 Å². The number of carbonyl (C=O) groups is 2. The normalized spacial score (nSPS) is 19.3. The van der Waals surface area contributed by atoms with Crippen molar-refractivity contribution < 1.29 is 14.3 Å². The van der Waals surface area contributed by atoms with Crippen molar-refractivity contribution in [1.82, 2.24) is 10.2 Å². The Hall–Kier alpha value is -2.28. The summed E-state index contributed by atoms with van der Waals surface area (Å²) in [6.07, 6.45) is 3.51. The molecule has 0 aromatic heterocycles. The molecule has 1 amide bonds. The maximum absolute atomic E-state index is 12.4. The Balaban J connectivity index is 1.18. The minimum Gasteiger partial charge on any atom is -0.497 e. The van der Waals surface area contributed by atoms with Crippen LogP contribution >= 0.6 is 23.2 Å². The highest BCUT2D eigenvalue weighted by molar-refractivity contribution is 6.42. The van der Waals surface area contributed by atoms with Crippen LogP contribution in [0.1, 0.15) is 42.5 Å². The van der Waals surface area contributed by atoms with Gasteiger partial charge in [-0.25, -0.2) is 0 Å². The van der Waals surface area contributed by atoms with Crippen LogP contribution in [0.3, 0.4) is 0 Å². The number of benzene rings is 2. The van der Waals surface area contributed by atoms with Gasteiger partial charge >= 0.3 is 0 Å². The summed E-state index contributed by atoms with van der Waals surface area (Å²) in [7, 11) is 1.68. The van der Waals surface area contributed by atoms with Gasteiger partial charge in [0.25, 0.3) is 0 Å². The second-order valence-corrected chi connectivity index (χ2v) is 9.83. The summed E-state index contributed by atoms with van der Waals surface area (Å²) in [5.74, 6) is 0.697. The van der Waals surface area contributed by atoms with E-state index >= 15 is 0 Å². The Morgan fingerprint density at radius 3 is 2.38 bits per heavy atom. The molecule has 1 atom stereocenters. The number of likely N-dealkylation sites (tertiary alicyclic amines) is 1. The third-order valence-electron chi connectivity index (χ3n) is 6.82. The maximum Gasteiger partial charge on any atom is 0.220 e. The van der Waals surface area contributed by atoms with Crippen molar-refractivity contribution in [2.75, 3.05) is 38.2 Å². The Labute approximate surface area is 211 Å². The van der Waals surface area contributed by atoms with Gasteiger partial charge in [0.05, 0.1) is 17.2 Å². The van der Waals surface area contributed by atoms with Crippen LogP contribution in [0.2, 0.25) is 10.0 Å². The van der Waals surface area contributed by atoms with Gasteiger partial charge in [0.15, 0.2) is 5.78 Å². The molecule has 0 unspecified atom stereocenters. The number of ketones is 1. The number of Topliss-reactive ketones (excluding diaryl/α,β-unsaturated/α-hetero) is 1. The predicted molar refractivity (Wildman–Crippen MR) is 136 cm³/mol. The van der Waals surface area contributed by atoms with Crippen molar-refractivity contribution in [2.45, 2.75) is 44.2 Å². The molecule has 8 heteroatoms. The van der Waals surface area contributed by atoms with Crippen molar-refractivity contribution in [1.29, 1.82) is 0 Å². The van der Waals surface area contributed by atoms with E-state index in [1.807, 2.05) is 12.1 Å². The minimum atomic E-state index is -0.106. The van der Waals surface area contributed by atoms with Crippen molar-refractivity contribution in [3.05, 3.63) is 58.1 Å². The smallest absolute Gasteiger partial charge is 0.220 e. The van der Waals surface area contributed by atoms with Gasteiger partial charge in [-0.3, -0.25) is 14.5 Å². The molecular formula is C26H31Cl2N3O3. The number of carbonyl (C=O) groups excluding carboxylic acids is 2. The summed E-state index contributed by atoms with van der Waals surface area (Å²) in [5, 5.41) is 3.87. The van der Waals surface area contributed by atoms with Crippen LogP contribution in [0.4, 0.5) is 5.69 Å². The number of halogens is 2. The Morgan fingerprint density at radius 2 is 1.71 bits per heavy atom. The molecule has 0 saturated carbocycles. The first kappa shape index (κ1) is 24.8. The average Bonchev–Trinajstić information content (AvgIpc) is 3.32. The molecular weight excluding hydrogens is 473 g/mol. The summed E-state index contributed by atoms with van der Waals surface area (Å²) in [6.45, 7) is 3.93. The topological polar surface area (TPSA) is 61.9 Å². The summed E-state index contributed by atoms with van der Waals surface area (Å²) in [5.41, 5.74) is 1.72. The number of piperidine rings is 1. The van der Waals surface area contributed by atoms with Crippen LogP contribution in [0, 0.1) is 0 Å². The zero-order chi connectivity index (χ0) is 24.1. The second-order valence-electron chi connectivity index (χ2n) is 9.02. The highest BCUT2D eigenvalue weighted by atomic mass is 35.5. The summed E-state index contributed by atoms with van der Waals surface area (Å²) in [4.78, 5) is 29.7.